The van der Waals surface area contributed by atoms with Crippen molar-refractivity contribution in [1.29, 1.82) is 0 Å². The van der Waals surface area contributed by atoms with E-state index in [1.165, 1.54) is 0 Å². The fourth-order valence-corrected chi connectivity index (χ4v) is 1.35. The van der Waals surface area contributed by atoms with Gasteiger partial charge in [0.15, 0.2) is 0 Å². The van der Waals surface area contributed by atoms with Crippen LogP contribution in [0.25, 0.3) is 0 Å². The van der Waals surface area contributed by atoms with E-state index in [9.17, 15) is 5.11 Å². The van der Waals surface area contributed by atoms with Gasteiger partial charge in [0.2, 0.25) is 0 Å². The lowest BCUT2D eigenvalue weighted by Gasteiger charge is -2.17. The van der Waals surface area contributed by atoms with Gasteiger partial charge in [-0.2, -0.15) is 0 Å². The van der Waals surface area contributed by atoms with Gasteiger partial charge in [0.05, 0.1) is 13.2 Å². The third-order valence-corrected chi connectivity index (χ3v) is 2.44. The molecule has 1 aromatic rings. The first kappa shape index (κ1) is 11.0. The van der Waals surface area contributed by atoms with Crippen LogP contribution in [-0.4, -0.2) is 24.9 Å². The molecule has 0 fully saturated rings. The van der Waals surface area contributed by atoms with Crippen LogP contribution in [0.5, 0.6) is 5.75 Å². The van der Waals surface area contributed by atoms with Crippen LogP contribution < -0.4 is 10.5 Å². The molecule has 0 spiro atoms. The first-order valence-corrected chi connectivity index (χ1v) is 4.71. The first-order chi connectivity index (χ1) is 6.69. The van der Waals surface area contributed by atoms with E-state index in [0.717, 1.165) is 11.3 Å². The lowest BCUT2D eigenvalue weighted by molar-refractivity contribution is 0.157. The zero-order valence-corrected chi connectivity index (χ0v) is 8.60. The minimum Gasteiger partial charge on any atom is -0.497 e. The van der Waals surface area contributed by atoms with E-state index in [1.54, 1.807) is 7.11 Å². The summed E-state index contributed by atoms with van der Waals surface area (Å²) >= 11 is 0. The highest BCUT2D eigenvalue weighted by molar-refractivity contribution is 5.31. The first-order valence-electron chi connectivity index (χ1n) is 4.71. The van der Waals surface area contributed by atoms with Gasteiger partial charge in [-0.25, -0.2) is 0 Å². The number of aliphatic hydroxyl groups excluding tert-OH is 1. The average Bonchev–Trinajstić information content (AvgIpc) is 2.27. The Morgan fingerprint density at radius 1 is 1.50 bits per heavy atom. The Kier molecular flexibility index (Phi) is 3.92. The third-order valence-electron chi connectivity index (χ3n) is 2.44. The summed E-state index contributed by atoms with van der Waals surface area (Å²) in [6.45, 7) is 2.23. The monoisotopic (exact) mass is 195 g/mol. The van der Waals surface area contributed by atoms with E-state index in [4.69, 9.17) is 10.5 Å². The number of benzene rings is 1. The molecule has 14 heavy (non-hydrogen) atoms. The SMILES string of the molecule is COc1cccc(C(C)C(O)CN)c1. The van der Waals surface area contributed by atoms with Crippen molar-refractivity contribution in [2.24, 2.45) is 5.73 Å². The van der Waals surface area contributed by atoms with Crippen molar-refractivity contribution >= 4 is 0 Å². The molecule has 78 valence electrons. The zero-order chi connectivity index (χ0) is 10.6. The molecule has 0 aliphatic carbocycles. The fourth-order valence-electron chi connectivity index (χ4n) is 1.35. The molecule has 1 aromatic carbocycles. The number of ether oxygens (including phenoxy) is 1. The maximum Gasteiger partial charge on any atom is 0.119 e. The molecule has 0 bridgehead atoms. The van der Waals surface area contributed by atoms with E-state index < -0.39 is 6.10 Å². The second kappa shape index (κ2) is 4.98. The van der Waals surface area contributed by atoms with Gasteiger partial charge in [0.25, 0.3) is 0 Å². The second-order valence-electron chi connectivity index (χ2n) is 3.37. The van der Waals surface area contributed by atoms with Crippen molar-refractivity contribution in [2.45, 2.75) is 18.9 Å². The minimum absolute atomic E-state index is 0.0371. The summed E-state index contributed by atoms with van der Waals surface area (Å²) in [5.74, 6) is 0.841. The molecule has 1 rings (SSSR count). The van der Waals surface area contributed by atoms with Gasteiger partial charge in [0.1, 0.15) is 5.75 Å². The molecule has 0 aliphatic rings. The molecule has 0 radical (unpaired) electrons. The van der Waals surface area contributed by atoms with Crippen LogP contribution in [0, 0.1) is 0 Å². The molecule has 0 aliphatic heterocycles. The predicted octanol–water partition coefficient (Wildman–Crippen LogP) is 1.12. The highest BCUT2D eigenvalue weighted by atomic mass is 16.5. The topological polar surface area (TPSA) is 55.5 Å². The summed E-state index contributed by atoms with van der Waals surface area (Å²) in [5, 5.41) is 9.58. The minimum atomic E-state index is -0.498. The summed E-state index contributed by atoms with van der Waals surface area (Å²) in [5.41, 5.74) is 6.44. The number of rotatable bonds is 4. The Bertz CT molecular complexity index is 288. The second-order valence-corrected chi connectivity index (χ2v) is 3.37. The van der Waals surface area contributed by atoms with Gasteiger partial charge in [-0.3, -0.25) is 0 Å². The van der Waals surface area contributed by atoms with Gasteiger partial charge in [-0.05, 0) is 17.7 Å². The Balaban J connectivity index is 2.83. The van der Waals surface area contributed by atoms with E-state index in [1.807, 2.05) is 31.2 Å². The van der Waals surface area contributed by atoms with Gasteiger partial charge in [0, 0.05) is 12.5 Å². The van der Waals surface area contributed by atoms with Crippen LogP contribution in [-0.2, 0) is 0 Å². The highest BCUT2D eigenvalue weighted by Gasteiger charge is 2.14. The standard InChI is InChI=1S/C11H17NO2/c1-8(11(13)7-12)9-4-3-5-10(6-9)14-2/h3-6,8,11,13H,7,12H2,1-2H3. The number of hydrogen-bond donors (Lipinski definition) is 2. The zero-order valence-electron chi connectivity index (χ0n) is 8.60. The number of hydrogen-bond acceptors (Lipinski definition) is 3. The Morgan fingerprint density at radius 3 is 2.79 bits per heavy atom. The Labute approximate surface area is 84.5 Å². The van der Waals surface area contributed by atoms with Gasteiger partial charge in [-0.15, -0.1) is 0 Å². The maximum absolute atomic E-state index is 9.58. The number of methoxy groups -OCH3 is 1. The normalized spacial score (nSPS) is 14.9. The van der Waals surface area contributed by atoms with Crippen molar-refractivity contribution in [2.75, 3.05) is 13.7 Å². The molecule has 3 N–H and O–H groups in total. The fraction of sp³-hybridized carbons (Fsp3) is 0.455. The van der Waals surface area contributed by atoms with Crippen LogP contribution in [0.15, 0.2) is 24.3 Å². The van der Waals surface area contributed by atoms with Crippen molar-refractivity contribution in [1.82, 2.24) is 0 Å². The maximum atomic E-state index is 9.58. The van der Waals surface area contributed by atoms with Crippen LogP contribution in [0.4, 0.5) is 0 Å². The van der Waals surface area contributed by atoms with Crippen LogP contribution >= 0.6 is 0 Å². The molecule has 0 aromatic heterocycles. The smallest absolute Gasteiger partial charge is 0.119 e. The van der Waals surface area contributed by atoms with Crippen molar-refractivity contribution in [3.05, 3.63) is 29.8 Å². The summed E-state index contributed by atoms with van der Waals surface area (Å²) < 4.78 is 5.11. The van der Waals surface area contributed by atoms with Crippen LogP contribution in [0.3, 0.4) is 0 Å². The molecule has 0 saturated heterocycles. The third kappa shape index (κ3) is 2.47. The molecule has 2 atom stereocenters. The summed E-state index contributed by atoms with van der Waals surface area (Å²) in [6.07, 6.45) is -0.498. The van der Waals surface area contributed by atoms with E-state index >= 15 is 0 Å². The van der Waals surface area contributed by atoms with E-state index in [2.05, 4.69) is 0 Å². The van der Waals surface area contributed by atoms with Gasteiger partial charge < -0.3 is 15.6 Å². The van der Waals surface area contributed by atoms with Crippen molar-refractivity contribution < 1.29 is 9.84 Å². The molecular weight excluding hydrogens is 178 g/mol. The lowest BCUT2D eigenvalue weighted by Crippen LogP contribution is -2.25. The Hall–Kier alpha value is -1.06. The molecular formula is C11H17NO2. The van der Waals surface area contributed by atoms with Gasteiger partial charge >= 0.3 is 0 Å². The average molecular weight is 195 g/mol. The molecule has 3 nitrogen and oxygen atoms in total. The van der Waals surface area contributed by atoms with Crippen molar-refractivity contribution in [3.8, 4) is 5.75 Å². The van der Waals surface area contributed by atoms with Crippen molar-refractivity contribution in [3.63, 3.8) is 0 Å². The molecule has 2 unspecified atom stereocenters. The summed E-state index contributed by atoms with van der Waals surface area (Å²) in [4.78, 5) is 0. The quantitative estimate of drug-likeness (QED) is 0.757. The molecule has 0 amide bonds. The number of nitrogens with two attached hydrogens (primary N) is 1. The number of aliphatic hydroxyl groups is 1. The lowest BCUT2D eigenvalue weighted by atomic mass is 9.95. The Morgan fingerprint density at radius 2 is 2.21 bits per heavy atom. The highest BCUT2D eigenvalue weighted by Crippen LogP contribution is 2.22. The van der Waals surface area contributed by atoms with Crippen LogP contribution in [0.2, 0.25) is 0 Å². The van der Waals surface area contributed by atoms with E-state index in [-0.39, 0.29) is 12.5 Å². The van der Waals surface area contributed by atoms with Crippen LogP contribution in [0.1, 0.15) is 18.4 Å². The van der Waals surface area contributed by atoms with Gasteiger partial charge in [-0.1, -0.05) is 19.1 Å². The molecule has 0 heterocycles. The predicted molar refractivity (Wildman–Crippen MR) is 56.5 cm³/mol. The molecule has 3 heteroatoms. The molecule has 0 saturated carbocycles. The largest absolute Gasteiger partial charge is 0.497 e. The summed E-state index contributed by atoms with van der Waals surface area (Å²) in [7, 11) is 1.63. The summed E-state index contributed by atoms with van der Waals surface area (Å²) in [6, 6.07) is 7.68. The van der Waals surface area contributed by atoms with E-state index in [0.29, 0.717) is 0 Å².